The van der Waals surface area contributed by atoms with Crippen molar-refractivity contribution in [3.63, 3.8) is 0 Å². The summed E-state index contributed by atoms with van der Waals surface area (Å²) in [5.41, 5.74) is 8.60. The topological polar surface area (TPSA) is 59.2 Å². The lowest BCUT2D eigenvalue weighted by Crippen LogP contribution is -2.30. The number of nitrogens with two attached hydrogens (primary N) is 1. The number of carbonyl (C=O) groups is 1. The Morgan fingerprint density at radius 1 is 1.44 bits per heavy atom. The van der Waals surface area contributed by atoms with E-state index in [4.69, 9.17) is 5.73 Å². The SMILES string of the molecule is Nc1nc(CC(=O)N2CCc3ccccc32)cs1. The molecule has 4 nitrogen and oxygen atoms in total. The van der Waals surface area contributed by atoms with Crippen LogP contribution >= 0.6 is 11.3 Å². The van der Waals surface area contributed by atoms with E-state index in [1.54, 1.807) is 0 Å². The average molecular weight is 259 g/mol. The second-order valence-corrected chi connectivity index (χ2v) is 5.17. The Kier molecular flexibility index (Phi) is 2.76. The van der Waals surface area contributed by atoms with Crippen LogP contribution in [0.4, 0.5) is 10.8 Å². The maximum atomic E-state index is 12.2. The van der Waals surface area contributed by atoms with Crippen molar-refractivity contribution < 1.29 is 4.79 Å². The van der Waals surface area contributed by atoms with Crippen molar-refractivity contribution in [1.29, 1.82) is 0 Å². The minimum Gasteiger partial charge on any atom is -0.375 e. The molecule has 1 aliphatic heterocycles. The van der Waals surface area contributed by atoms with Gasteiger partial charge in [-0.25, -0.2) is 4.98 Å². The lowest BCUT2D eigenvalue weighted by atomic mass is 10.2. The van der Waals surface area contributed by atoms with Crippen LogP contribution in [0.25, 0.3) is 0 Å². The number of anilines is 2. The Morgan fingerprint density at radius 2 is 2.28 bits per heavy atom. The summed E-state index contributed by atoms with van der Waals surface area (Å²) >= 11 is 1.37. The molecule has 0 fully saturated rings. The molecular formula is C13H13N3OS. The minimum absolute atomic E-state index is 0.0882. The van der Waals surface area contributed by atoms with E-state index in [-0.39, 0.29) is 5.91 Å². The van der Waals surface area contributed by atoms with Crippen LogP contribution in [-0.2, 0) is 17.6 Å². The maximum Gasteiger partial charge on any atom is 0.233 e. The molecule has 2 heterocycles. The van der Waals surface area contributed by atoms with Gasteiger partial charge in [0, 0.05) is 17.6 Å². The summed E-state index contributed by atoms with van der Waals surface area (Å²) in [6.07, 6.45) is 1.25. The monoisotopic (exact) mass is 259 g/mol. The molecule has 1 aromatic heterocycles. The van der Waals surface area contributed by atoms with E-state index < -0.39 is 0 Å². The summed E-state index contributed by atoms with van der Waals surface area (Å²) in [6, 6.07) is 8.04. The Morgan fingerprint density at radius 3 is 3.06 bits per heavy atom. The molecule has 1 aromatic carbocycles. The number of amides is 1. The molecular weight excluding hydrogens is 246 g/mol. The third-order valence-corrected chi connectivity index (χ3v) is 3.81. The smallest absolute Gasteiger partial charge is 0.233 e. The van der Waals surface area contributed by atoms with Gasteiger partial charge in [0.1, 0.15) is 0 Å². The first kappa shape index (κ1) is 11.2. The lowest BCUT2D eigenvalue weighted by molar-refractivity contribution is -0.117. The van der Waals surface area contributed by atoms with Crippen LogP contribution in [0.5, 0.6) is 0 Å². The summed E-state index contributed by atoms with van der Waals surface area (Å²) < 4.78 is 0. The van der Waals surface area contributed by atoms with Crippen LogP contribution in [0.3, 0.4) is 0 Å². The first-order valence-corrected chi connectivity index (χ1v) is 6.70. The molecule has 0 spiro atoms. The number of aromatic nitrogens is 1. The van der Waals surface area contributed by atoms with Crippen LogP contribution < -0.4 is 10.6 Å². The van der Waals surface area contributed by atoms with E-state index in [1.165, 1.54) is 16.9 Å². The molecule has 1 amide bonds. The number of fused-ring (bicyclic) bond motifs is 1. The number of nitrogen functional groups attached to an aromatic ring is 1. The fourth-order valence-corrected chi connectivity index (χ4v) is 2.81. The van der Waals surface area contributed by atoms with Gasteiger partial charge in [0.25, 0.3) is 0 Å². The van der Waals surface area contributed by atoms with Crippen molar-refractivity contribution >= 4 is 28.1 Å². The third-order valence-electron chi connectivity index (χ3n) is 3.09. The Bertz CT molecular complexity index is 593. The van der Waals surface area contributed by atoms with E-state index in [0.717, 1.165) is 24.3 Å². The number of thiazole rings is 1. The fourth-order valence-electron chi connectivity index (χ4n) is 2.25. The van der Waals surface area contributed by atoms with Gasteiger partial charge in [-0.3, -0.25) is 4.79 Å². The minimum atomic E-state index is 0.0882. The molecule has 0 saturated heterocycles. The largest absolute Gasteiger partial charge is 0.375 e. The normalized spacial score (nSPS) is 13.7. The average Bonchev–Trinajstić information content (AvgIpc) is 2.95. The highest BCUT2D eigenvalue weighted by atomic mass is 32.1. The van der Waals surface area contributed by atoms with Crippen molar-refractivity contribution in [3.8, 4) is 0 Å². The van der Waals surface area contributed by atoms with Gasteiger partial charge in [0.2, 0.25) is 5.91 Å². The summed E-state index contributed by atoms with van der Waals surface area (Å²) in [5.74, 6) is 0.0882. The van der Waals surface area contributed by atoms with Gasteiger partial charge in [0.15, 0.2) is 5.13 Å². The number of para-hydroxylation sites is 1. The van der Waals surface area contributed by atoms with Gasteiger partial charge in [-0.15, -0.1) is 11.3 Å². The molecule has 2 N–H and O–H groups in total. The zero-order chi connectivity index (χ0) is 12.5. The third kappa shape index (κ3) is 1.97. The van der Waals surface area contributed by atoms with Crippen LogP contribution in [0.2, 0.25) is 0 Å². The quantitative estimate of drug-likeness (QED) is 0.895. The van der Waals surface area contributed by atoms with Crippen molar-refractivity contribution in [2.75, 3.05) is 17.2 Å². The standard InChI is InChI=1S/C13H13N3OS/c14-13-15-10(8-18-13)7-12(17)16-6-5-9-3-1-2-4-11(9)16/h1-4,8H,5-7H2,(H2,14,15). The van der Waals surface area contributed by atoms with Gasteiger partial charge in [-0.05, 0) is 18.1 Å². The molecule has 0 aliphatic carbocycles. The van der Waals surface area contributed by atoms with E-state index in [2.05, 4.69) is 11.1 Å². The molecule has 0 atom stereocenters. The first-order chi connectivity index (χ1) is 8.74. The molecule has 0 radical (unpaired) electrons. The highest BCUT2D eigenvalue weighted by Crippen LogP contribution is 2.28. The van der Waals surface area contributed by atoms with Gasteiger partial charge in [-0.2, -0.15) is 0 Å². The molecule has 2 aromatic rings. The second-order valence-electron chi connectivity index (χ2n) is 4.28. The van der Waals surface area contributed by atoms with Crippen LogP contribution in [0, 0.1) is 0 Å². The summed E-state index contributed by atoms with van der Waals surface area (Å²) in [5, 5.41) is 2.36. The summed E-state index contributed by atoms with van der Waals surface area (Å²) in [4.78, 5) is 18.2. The number of carbonyl (C=O) groups excluding carboxylic acids is 1. The number of rotatable bonds is 2. The summed E-state index contributed by atoms with van der Waals surface area (Å²) in [6.45, 7) is 0.762. The Labute approximate surface area is 109 Å². The lowest BCUT2D eigenvalue weighted by Gasteiger charge is -2.16. The number of nitrogens with zero attached hydrogens (tertiary/aromatic N) is 2. The zero-order valence-corrected chi connectivity index (χ0v) is 10.6. The fraction of sp³-hybridized carbons (Fsp3) is 0.231. The van der Waals surface area contributed by atoms with Crippen molar-refractivity contribution in [1.82, 2.24) is 4.98 Å². The van der Waals surface area contributed by atoms with E-state index in [9.17, 15) is 4.79 Å². The maximum absolute atomic E-state index is 12.2. The molecule has 0 saturated carbocycles. The first-order valence-electron chi connectivity index (χ1n) is 5.82. The molecule has 92 valence electrons. The molecule has 0 unspecified atom stereocenters. The highest BCUT2D eigenvalue weighted by molar-refractivity contribution is 7.13. The molecule has 1 aliphatic rings. The number of hydrogen-bond donors (Lipinski definition) is 1. The predicted molar refractivity (Wildman–Crippen MR) is 72.7 cm³/mol. The molecule has 3 rings (SSSR count). The van der Waals surface area contributed by atoms with Crippen LogP contribution in [-0.4, -0.2) is 17.4 Å². The van der Waals surface area contributed by atoms with Gasteiger partial charge in [0.05, 0.1) is 12.1 Å². The van der Waals surface area contributed by atoms with Gasteiger partial charge >= 0.3 is 0 Å². The van der Waals surface area contributed by atoms with Crippen molar-refractivity contribution in [2.45, 2.75) is 12.8 Å². The Hall–Kier alpha value is -1.88. The molecule has 5 heteroatoms. The van der Waals surface area contributed by atoms with Gasteiger partial charge < -0.3 is 10.6 Å². The second kappa shape index (κ2) is 4.42. The number of benzene rings is 1. The Balaban J connectivity index is 1.78. The van der Waals surface area contributed by atoms with E-state index >= 15 is 0 Å². The zero-order valence-electron chi connectivity index (χ0n) is 9.80. The van der Waals surface area contributed by atoms with Crippen molar-refractivity contribution in [2.24, 2.45) is 0 Å². The summed E-state index contributed by atoms with van der Waals surface area (Å²) in [7, 11) is 0. The molecule has 0 bridgehead atoms. The predicted octanol–water partition coefficient (Wildman–Crippen LogP) is 1.86. The number of hydrogen-bond acceptors (Lipinski definition) is 4. The van der Waals surface area contributed by atoms with Crippen LogP contribution in [0.15, 0.2) is 29.6 Å². The van der Waals surface area contributed by atoms with Gasteiger partial charge in [-0.1, -0.05) is 18.2 Å². The van der Waals surface area contributed by atoms with Crippen LogP contribution in [0.1, 0.15) is 11.3 Å². The van der Waals surface area contributed by atoms with E-state index in [1.807, 2.05) is 28.5 Å². The molecule has 18 heavy (non-hydrogen) atoms. The highest BCUT2D eigenvalue weighted by Gasteiger charge is 2.24. The van der Waals surface area contributed by atoms with Crippen molar-refractivity contribution in [3.05, 3.63) is 40.9 Å². The van der Waals surface area contributed by atoms with E-state index in [0.29, 0.717) is 11.6 Å².